The molecule has 0 saturated carbocycles. The van der Waals surface area contributed by atoms with E-state index in [0.29, 0.717) is 5.56 Å². The van der Waals surface area contributed by atoms with E-state index in [1.165, 1.54) is 22.8 Å². The van der Waals surface area contributed by atoms with Gasteiger partial charge < -0.3 is 0 Å². The van der Waals surface area contributed by atoms with Crippen molar-refractivity contribution >= 4 is 0 Å². The summed E-state index contributed by atoms with van der Waals surface area (Å²) in [6, 6.07) is 17.8. The van der Waals surface area contributed by atoms with E-state index in [0.717, 1.165) is 11.3 Å². The highest BCUT2D eigenvalue weighted by Crippen LogP contribution is 2.07. The van der Waals surface area contributed by atoms with Crippen LogP contribution in [-0.4, -0.2) is 4.98 Å². The SMILES string of the molecule is Cc1ccc(C)c(F)c1.Cc1ccc(C)cc1.Cc1ccc(C)nc1. The molecule has 0 bridgehead atoms. The molecule has 1 heterocycles. The summed E-state index contributed by atoms with van der Waals surface area (Å²) in [6.45, 7) is 11.8. The second kappa shape index (κ2) is 10.4. The van der Waals surface area contributed by atoms with Gasteiger partial charge in [0.05, 0.1) is 0 Å². The monoisotopic (exact) mass is 337 g/mol. The van der Waals surface area contributed by atoms with Crippen LogP contribution in [-0.2, 0) is 0 Å². The molecule has 3 aromatic rings. The number of benzene rings is 2. The number of nitrogens with zero attached hydrogens (tertiary/aromatic N) is 1. The zero-order chi connectivity index (χ0) is 18.8. The van der Waals surface area contributed by atoms with Gasteiger partial charge in [0.2, 0.25) is 0 Å². The van der Waals surface area contributed by atoms with Crippen molar-refractivity contribution in [1.29, 1.82) is 0 Å². The normalized spacial score (nSPS) is 9.40. The minimum atomic E-state index is -0.116. The predicted octanol–water partition coefficient (Wildman–Crippen LogP) is 6.44. The number of pyridine rings is 1. The fraction of sp³-hybridized carbons (Fsp3) is 0.261. The van der Waals surface area contributed by atoms with Crippen molar-refractivity contribution < 1.29 is 4.39 Å². The highest BCUT2D eigenvalue weighted by molar-refractivity contribution is 5.21. The van der Waals surface area contributed by atoms with Gasteiger partial charge in [-0.1, -0.05) is 53.6 Å². The van der Waals surface area contributed by atoms with Crippen molar-refractivity contribution in [2.45, 2.75) is 41.5 Å². The molecule has 0 spiro atoms. The molecule has 0 aliphatic heterocycles. The number of rotatable bonds is 0. The van der Waals surface area contributed by atoms with Gasteiger partial charge in [-0.15, -0.1) is 0 Å². The van der Waals surface area contributed by atoms with E-state index in [4.69, 9.17) is 0 Å². The fourth-order valence-electron chi connectivity index (χ4n) is 1.88. The van der Waals surface area contributed by atoms with Crippen LogP contribution in [0, 0.1) is 47.4 Å². The maximum atomic E-state index is 12.6. The van der Waals surface area contributed by atoms with Crippen molar-refractivity contribution in [1.82, 2.24) is 4.98 Å². The third kappa shape index (κ3) is 8.80. The van der Waals surface area contributed by atoms with Gasteiger partial charge in [0.25, 0.3) is 0 Å². The van der Waals surface area contributed by atoms with Crippen LogP contribution in [0.15, 0.2) is 60.8 Å². The van der Waals surface area contributed by atoms with E-state index in [-0.39, 0.29) is 5.82 Å². The van der Waals surface area contributed by atoms with E-state index in [2.05, 4.69) is 49.2 Å². The van der Waals surface area contributed by atoms with Crippen LogP contribution in [0.2, 0.25) is 0 Å². The summed E-state index contributed by atoms with van der Waals surface area (Å²) in [5.41, 5.74) is 6.64. The van der Waals surface area contributed by atoms with Gasteiger partial charge in [0.15, 0.2) is 0 Å². The molecule has 1 nitrogen and oxygen atoms in total. The smallest absolute Gasteiger partial charge is 0.126 e. The zero-order valence-electron chi connectivity index (χ0n) is 16.1. The first kappa shape index (κ1) is 20.6. The lowest BCUT2D eigenvalue weighted by Crippen LogP contribution is -1.81. The Hall–Kier alpha value is -2.48. The van der Waals surface area contributed by atoms with Crippen LogP contribution in [0.3, 0.4) is 0 Å². The van der Waals surface area contributed by atoms with Gasteiger partial charge in [-0.25, -0.2) is 4.39 Å². The lowest BCUT2D eigenvalue weighted by molar-refractivity contribution is 0.617. The van der Waals surface area contributed by atoms with Crippen LogP contribution in [0.5, 0.6) is 0 Å². The Morgan fingerprint density at radius 2 is 1.08 bits per heavy atom. The summed E-state index contributed by atoms with van der Waals surface area (Å²) >= 11 is 0. The summed E-state index contributed by atoms with van der Waals surface area (Å²) < 4.78 is 12.6. The standard InChI is InChI=1S/C8H9F.C8H10.C7H9N/c1-6-3-4-7(2)8(9)5-6;1-7-3-5-8(2)6-4-7;1-6-3-4-7(2)8-5-6/h3-5H,1-2H3;3-6H,1-2H3;3-5H,1-2H3. The van der Waals surface area contributed by atoms with Crippen molar-refractivity contribution in [3.05, 3.63) is 100 Å². The molecular weight excluding hydrogens is 309 g/mol. The van der Waals surface area contributed by atoms with E-state index in [1.807, 2.05) is 39.1 Å². The molecule has 0 radical (unpaired) electrons. The van der Waals surface area contributed by atoms with Crippen molar-refractivity contribution in [2.75, 3.05) is 0 Å². The molecule has 0 aliphatic rings. The number of halogens is 1. The molecule has 0 aliphatic carbocycles. The zero-order valence-corrected chi connectivity index (χ0v) is 16.1. The Balaban J connectivity index is 0.000000188. The Morgan fingerprint density at radius 3 is 1.44 bits per heavy atom. The maximum absolute atomic E-state index is 12.6. The largest absolute Gasteiger partial charge is 0.261 e. The minimum Gasteiger partial charge on any atom is -0.261 e. The van der Waals surface area contributed by atoms with Crippen molar-refractivity contribution in [3.63, 3.8) is 0 Å². The Kier molecular flexibility index (Phi) is 8.55. The summed E-state index contributed by atoms with van der Waals surface area (Å²) in [4.78, 5) is 4.08. The summed E-state index contributed by atoms with van der Waals surface area (Å²) in [5.74, 6) is -0.116. The van der Waals surface area contributed by atoms with Gasteiger partial charge >= 0.3 is 0 Å². The Morgan fingerprint density at radius 1 is 0.600 bits per heavy atom. The molecule has 0 amide bonds. The van der Waals surface area contributed by atoms with E-state index < -0.39 is 0 Å². The summed E-state index contributed by atoms with van der Waals surface area (Å²) in [7, 11) is 0. The molecule has 2 heteroatoms. The first-order chi connectivity index (χ1) is 11.8. The molecule has 3 rings (SSSR count). The van der Waals surface area contributed by atoms with Gasteiger partial charge in [0.1, 0.15) is 5.82 Å². The predicted molar refractivity (Wildman–Crippen MR) is 106 cm³/mol. The van der Waals surface area contributed by atoms with Crippen LogP contribution < -0.4 is 0 Å². The molecule has 0 unspecified atom stereocenters. The maximum Gasteiger partial charge on any atom is 0.126 e. The Bertz CT molecular complexity index is 674. The molecule has 132 valence electrons. The van der Waals surface area contributed by atoms with Gasteiger partial charge in [-0.3, -0.25) is 4.98 Å². The molecule has 1 aromatic heterocycles. The third-order valence-corrected chi connectivity index (χ3v) is 3.60. The van der Waals surface area contributed by atoms with Crippen LogP contribution in [0.4, 0.5) is 4.39 Å². The van der Waals surface area contributed by atoms with E-state index in [1.54, 1.807) is 13.0 Å². The molecular formula is C23H28FN. The van der Waals surface area contributed by atoms with Crippen LogP contribution in [0.25, 0.3) is 0 Å². The van der Waals surface area contributed by atoms with Crippen molar-refractivity contribution in [2.24, 2.45) is 0 Å². The van der Waals surface area contributed by atoms with Gasteiger partial charge in [-0.2, -0.15) is 0 Å². The second-order valence-electron chi connectivity index (χ2n) is 6.38. The summed E-state index contributed by atoms with van der Waals surface area (Å²) in [5, 5.41) is 0. The van der Waals surface area contributed by atoms with E-state index >= 15 is 0 Å². The summed E-state index contributed by atoms with van der Waals surface area (Å²) in [6.07, 6.45) is 1.87. The van der Waals surface area contributed by atoms with E-state index in [9.17, 15) is 4.39 Å². The average Bonchev–Trinajstić information content (AvgIpc) is 2.58. The molecule has 0 N–H and O–H groups in total. The first-order valence-electron chi connectivity index (χ1n) is 8.43. The highest BCUT2D eigenvalue weighted by Gasteiger charge is 1.93. The Labute approximate surface area is 151 Å². The third-order valence-electron chi connectivity index (χ3n) is 3.60. The second-order valence-corrected chi connectivity index (χ2v) is 6.38. The molecule has 0 fully saturated rings. The number of aryl methyl sites for hydroxylation is 6. The topological polar surface area (TPSA) is 12.9 Å². The van der Waals surface area contributed by atoms with Crippen molar-refractivity contribution in [3.8, 4) is 0 Å². The minimum absolute atomic E-state index is 0.116. The lowest BCUT2D eigenvalue weighted by atomic mass is 10.2. The fourth-order valence-corrected chi connectivity index (χ4v) is 1.88. The number of hydrogen-bond donors (Lipinski definition) is 0. The molecule has 25 heavy (non-hydrogen) atoms. The van der Waals surface area contributed by atoms with Crippen LogP contribution >= 0.6 is 0 Å². The molecule has 0 atom stereocenters. The first-order valence-corrected chi connectivity index (χ1v) is 8.43. The number of aromatic nitrogens is 1. The molecule has 0 saturated heterocycles. The van der Waals surface area contributed by atoms with Crippen LogP contribution in [0.1, 0.15) is 33.5 Å². The van der Waals surface area contributed by atoms with Gasteiger partial charge in [0, 0.05) is 11.9 Å². The quantitative estimate of drug-likeness (QED) is 0.460. The highest BCUT2D eigenvalue weighted by atomic mass is 19.1. The lowest BCUT2D eigenvalue weighted by Gasteiger charge is -1.94. The van der Waals surface area contributed by atoms with Gasteiger partial charge in [-0.05, 0) is 70.4 Å². The average molecular weight is 337 g/mol. The molecule has 2 aromatic carbocycles. The number of hydrogen-bond acceptors (Lipinski definition) is 1.